The van der Waals surface area contributed by atoms with E-state index in [1.165, 1.54) is 23.2 Å². The summed E-state index contributed by atoms with van der Waals surface area (Å²) in [6, 6.07) is 6.96. The van der Waals surface area contributed by atoms with Crippen molar-refractivity contribution < 1.29 is 0 Å². The molecule has 2 rings (SSSR count). The Morgan fingerprint density at radius 3 is 2.28 bits per heavy atom. The molecule has 1 heteroatoms. The van der Waals surface area contributed by atoms with Crippen LogP contribution in [0.4, 0.5) is 5.69 Å². The van der Waals surface area contributed by atoms with Crippen molar-refractivity contribution in [3.8, 4) is 0 Å². The van der Waals surface area contributed by atoms with Gasteiger partial charge in [-0.15, -0.1) is 0 Å². The maximum absolute atomic E-state index is 3.63. The molecule has 0 aliphatic carbocycles. The summed E-state index contributed by atoms with van der Waals surface area (Å²) in [6.07, 6.45) is 1.20. The van der Waals surface area contributed by atoms with Crippen LogP contribution in [-0.2, 0) is 11.8 Å². The molecule has 1 N–H and O–H groups in total. The van der Waals surface area contributed by atoms with Gasteiger partial charge in [0.15, 0.2) is 0 Å². The van der Waals surface area contributed by atoms with Gasteiger partial charge >= 0.3 is 0 Å². The normalized spacial score (nSPS) is 20.2. The molecule has 1 unspecified atom stereocenters. The second kappa shape index (κ2) is 4.29. The Kier molecular flexibility index (Phi) is 3.21. The van der Waals surface area contributed by atoms with Crippen LogP contribution in [0, 0.1) is 11.3 Å². The quantitative estimate of drug-likeness (QED) is 0.703. The van der Waals surface area contributed by atoms with Crippen LogP contribution >= 0.6 is 0 Å². The van der Waals surface area contributed by atoms with Crippen molar-refractivity contribution in [1.29, 1.82) is 0 Å². The second-order valence-electron chi connectivity index (χ2n) is 7.77. The van der Waals surface area contributed by atoms with Crippen LogP contribution in [0.15, 0.2) is 18.2 Å². The van der Waals surface area contributed by atoms with Crippen molar-refractivity contribution in [1.82, 2.24) is 0 Å². The lowest BCUT2D eigenvalue weighted by atomic mass is 9.75. The number of anilines is 1. The van der Waals surface area contributed by atoms with Gasteiger partial charge in [-0.25, -0.2) is 0 Å². The highest BCUT2D eigenvalue weighted by molar-refractivity contribution is 5.56. The van der Waals surface area contributed by atoms with Crippen LogP contribution < -0.4 is 5.32 Å². The molecular formula is C17H27N. The van der Waals surface area contributed by atoms with Gasteiger partial charge in [0.2, 0.25) is 0 Å². The zero-order valence-corrected chi connectivity index (χ0v) is 12.7. The second-order valence-corrected chi connectivity index (χ2v) is 7.77. The molecule has 1 heterocycles. The number of hydrogen-bond donors (Lipinski definition) is 1. The molecule has 1 aliphatic heterocycles. The third kappa shape index (κ3) is 2.71. The van der Waals surface area contributed by atoms with Gasteiger partial charge in [0.05, 0.1) is 0 Å². The van der Waals surface area contributed by atoms with Gasteiger partial charge in [-0.1, -0.05) is 53.7 Å². The van der Waals surface area contributed by atoms with Crippen LogP contribution in [0.3, 0.4) is 0 Å². The summed E-state index contributed by atoms with van der Waals surface area (Å²) in [7, 11) is 0. The van der Waals surface area contributed by atoms with Crippen LogP contribution in [0.1, 0.15) is 52.7 Å². The Balaban J connectivity index is 2.27. The fourth-order valence-electron chi connectivity index (χ4n) is 2.57. The number of benzene rings is 1. The lowest BCUT2D eigenvalue weighted by Crippen LogP contribution is -2.33. The van der Waals surface area contributed by atoms with Gasteiger partial charge in [0.25, 0.3) is 0 Å². The van der Waals surface area contributed by atoms with Crippen molar-refractivity contribution in [2.45, 2.75) is 53.4 Å². The van der Waals surface area contributed by atoms with Crippen LogP contribution in [0.25, 0.3) is 0 Å². The van der Waals surface area contributed by atoms with Gasteiger partial charge in [0, 0.05) is 12.2 Å². The van der Waals surface area contributed by atoms with Gasteiger partial charge in [-0.05, 0) is 40.4 Å². The lowest BCUT2D eigenvalue weighted by molar-refractivity contribution is 0.247. The van der Waals surface area contributed by atoms with E-state index in [-0.39, 0.29) is 5.41 Å². The van der Waals surface area contributed by atoms with Crippen LogP contribution in [0.2, 0.25) is 0 Å². The van der Waals surface area contributed by atoms with Crippen LogP contribution in [-0.4, -0.2) is 6.54 Å². The Morgan fingerprint density at radius 1 is 1.06 bits per heavy atom. The molecule has 0 radical (unpaired) electrons. The molecule has 1 aromatic carbocycles. The highest BCUT2D eigenvalue weighted by Crippen LogP contribution is 2.36. The molecule has 1 aromatic rings. The predicted octanol–water partition coefficient (Wildman–Crippen LogP) is 4.61. The predicted molar refractivity (Wildman–Crippen MR) is 80.3 cm³/mol. The third-order valence-electron chi connectivity index (χ3n) is 4.21. The van der Waals surface area contributed by atoms with Gasteiger partial charge in [0.1, 0.15) is 0 Å². The number of fused-ring (bicyclic) bond motifs is 1. The van der Waals surface area contributed by atoms with E-state index < -0.39 is 0 Å². The number of hydrogen-bond acceptors (Lipinski definition) is 1. The van der Waals surface area contributed by atoms with E-state index >= 15 is 0 Å². The zero-order chi connectivity index (χ0) is 13.6. The molecular weight excluding hydrogens is 218 g/mol. The number of nitrogens with one attached hydrogen (secondary N) is 1. The van der Waals surface area contributed by atoms with E-state index in [9.17, 15) is 0 Å². The molecule has 0 amide bonds. The fourth-order valence-corrected chi connectivity index (χ4v) is 2.57. The maximum Gasteiger partial charge on any atom is 0.0375 e. The highest BCUT2D eigenvalue weighted by atomic mass is 14.9. The first-order valence-electron chi connectivity index (χ1n) is 7.05. The van der Waals surface area contributed by atoms with E-state index in [1.54, 1.807) is 0 Å². The largest absolute Gasteiger partial charge is 0.385 e. The Bertz CT molecular complexity index is 432. The minimum atomic E-state index is 0.234. The van der Waals surface area contributed by atoms with E-state index in [4.69, 9.17) is 0 Å². The molecule has 0 fully saturated rings. The topological polar surface area (TPSA) is 12.0 Å². The van der Waals surface area contributed by atoms with E-state index in [1.807, 2.05) is 0 Å². The van der Waals surface area contributed by atoms with Gasteiger partial charge in [-0.2, -0.15) is 0 Å². The molecule has 0 aromatic heterocycles. The molecule has 0 saturated carbocycles. The van der Waals surface area contributed by atoms with Crippen molar-refractivity contribution >= 4 is 5.69 Å². The third-order valence-corrected chi connectivity index (χ3v) is 4.21. The van der Waals surface area contributed by atoms with Gasteiger partial charge in [-0.3, -0.25) is 0 Å². The molecule has 0 saturated heterocycles. The average Bonchev–Trinajstić information content (AvgIpc) is 2.25. The van der Waals surface area contributed by atoms with E-state index in [0.717, 1.165) is 12.5 Å². The van der Waals surface area contributed by atoms with Crippen molar-refractivity contribution in [3.05, 3.63) is 29.3 Å². The molecule has 0 spiro atoms. The average molecular weight is 245 g/mol. The summed E-state index contributed by atoms with van der Waals surface area (Å²) in [4.78, 5) is 0. The first-order valence-corrected chi connectivity index (χ1v) is 7.05. The van der Waals surface area contributed by atoms with Crippen molar-refractivity contribution in [2.75, 3.05) is 11.9 Å². The Morgan fingerprint density at radius 2 is 1.72 bits per heavy atom. The van der Waals surface area contributed by atoms with E-state index in [0.29, 0.717) is 5.41 Å². The fraction of sp³-hybridized carbons (Fsp3) is 0.647. The zero-order valence-electron chi connectivity index (χ0n) is 12.7. The Labute approximate surface area is 112 Å². The molecule has 0 bridgehead atoms. The molecule has 100 valence electrons. The van der Waals surface area contributed by atoms with E-state index in [2.05, 4.69) is 65.1 Å². The molecule has 1 atom stereocenters. The summed E-state index contributed by atoms with van der Waals surface area (Å²) in [5.41, 5.74) is 4.87. The number of rotatable bonds is 0. The minimum absolute atomic E-state index is 0.234. The van der Waals surface area contributed by atoms with Gasteiger partial charge < -0.3 is 5.32 Å². The molecule has 18 heavy (non-hydrogen) atoms. The lowest BCUT2D eigenvalue weighted by Gasteiger charge is -2.36. The molecule has 1 aliphatic rings. The summed E-state index contributed by atoms with van der Waals surface area (Å²) in [6.45, 7) is 14.9. The van der Waals surface area contributed by atoms with Crippen molar-refractivity contribution in [3.63, 3.8) is 0 Å². The summed E-state index contributed by atoms with van der Waals surface area (Å²) >= 11 is 0. The first kappa shape index (κ1) is 13.5. The first-order chi connectivity index (χ1) is 8.18. The minimum Gasteiger partial charge on any atom is -0.385 e. The van der Waals surface area contributed by atoms with Crippen LogP contribution in [0.5, 0.6) is 0 Å². The summed E-state index contributed by atoms with van der Waals surface area (Å²) in [5, 5.41) is 3.63. The smallest absolute Gasteiger partial charge is 0.0375 e. The summed E-state index contributed by atoms with van der Waals surface area (Å²) < 4.78 is 0. The maximum atomic E-state index is 3.63. The SMILES string of the molecule is CC(C)(C)c1ccc2c(c1)NCC(C(C)(C)C)C2. The monoisotopic (exact) mass is 245 g/mol. The van der Waals surface area contributed by atoms with Crippen molar-refractivity contribution in [2.24, 2.45) is 11.3 Å². The molecule has 1 nitrogen and oxygen atoms in total. The standard InChI is InChI=1S/C17H27N/c1-16(2,3)13-8-7-12-9-14(17(4,5)6)11-18-15(12)10-13/h7-8,10,14,18H,9,11H2,1-6H3. The summed E-state index contributed by atoms with van der Waals surface area (Å²) in [5.74, 6) is 0.727. The highest BCUT2D eigenvalue weighted by Gasteiger charge is 2.29. The Hall–Kier alpha value is -0.980.